The molecule has 0 saturated carbocycles. The van der Waals surface area contributed by atoms with Crippen molar-refractivity contribution in [3.05, 3.63) is 18.3 Å². The lowest BCUT2D eigenvalue weighted by molar-refractivity contribution is 0.0823. The van der Waals surface area contributed by atoms with E-state index < -0.39 is 0 Å². The highest BCUT2D eigenvalue weighted by Gasteiger charge is 2.18. The highest BCUT2D eigenvalue weighted by Crippen LogP contribution is 2.20. The van der Waals surface area contributed by atoms with Crippen LogP contribution in [0.3, 0.4) is 0 Å². The maximum Gasteiger partial charge on any atom is 0.151 e. The second-order valence-electron chi connectivity index (χ2n) is 5.20. The maximum absolute atomic E-state index is 5.98. The van der Waals surface area contributed by atoms with Gasteiger partial charge in [0.05, 0.1) is 12.3 Å². The first-order valence-electron chi connectivity index (χ1n) is 7.55. The van der Waals surface area contributed by atoms with Crippen molar-refractivity contribution in [2.45, 2.75) is 6.42 Å². The molecule has 6 heteroatoms. The Labute approximate surface area is 126 Å². The molecule has 1 fully saturated rings. The maximum atomic E-state index is 5.98. The summed E-state index contributed by atoms with van der Waals surface area (Å²) in [5.74, 6) is 0.910. The zero-order valence-corrected chi connectivity index (χ0v) is 12.8. The molecule has 1 aromatic heterocycles. The van der Waals surface area contributed by atoms with Crippen LogP contribution in [0.25, 0.3) is 0 Å². The number of pyridine rings is 1. The number of anilines is 2. The zero-order chi connectivity index (χ0) is 14.9. The molecule has 0 bridgehead atoms. The molecule has 0 atom stereocenters. The van der Waals surface area contributed by atoms with E-state index in [1.54, 1.807) is 13.3 Å². The van der Waals surface area contributed by atoms with Crippen LogP contribution in [0.5, 0.6) is 0 Å². The van der Waals surface area contributed by atoms with Crippen LogP contribution in [0.2, 0.25) is 0 Å². The molecule has 2 N–H and O–H groups in total. The first kappa shape index (κ1) is 16.0. The number of nitrogen functional groups attached to an aromatic ring is 1. The van der Waals surface area contributed by atoms with E-state index in [1.165, 1.54) is 0 Å². The van der Waals surface area contributed by atoms with Gasteiger partial charge in [-0.05, 0) is 18.6 Å². The van der Waals surface area contributed by atoms with Gasteiger partial charge in [-0.15, -0.1) is 0 Å². The summed E-state index contributed by atoms with van der Waals surface area (Å²) in [6.45, 7) is 7.29. The SMILES string of the molecule is COCCCOCCN1CCN(c2ncccc2N)CC1. The summed E-state index contributed by atoms with van der Waals surface area (Å²) in [6, 6.07) is 3.78. The Bertz CT molecular complexity index is 408. The Morgan fingerprint density at radius 2 is 2.00 bits per heavy atom. The average Bonchev–Trinajstić information content (AvgIpc) is 2.52. The molecule has 6 nitrogen and oxygen atoms in total. The smallest absolute Gasteiger partial charge is 0.151 e. The van der Waals surface area contributed by atoms with Gasteiger partial charge in [0, 0.05) is 59.2 Å². The van der Waals surface area contributed by atoms with Crippen molar-refractivity contribution >= 4 is 11.5 Å². The number of hydrogen-bond acceptors (Lipinski definition) is 6. The third-order valence-corrected chi connectivity index (χ3v) is 3.68. The van der Waals surface area contributed by atoms with Crippen LogP contribution in [0.15, 0.2) is 18.3 Å². The molecule has 1 aromatic rings. The minimum Gasteiger partial charge on any atom is -0.396 e. The van der Waals surface area contributed by atoms with Crippen molar-refractivity contribution in [2.24, 2.45) is 0 Å². The number of rotatable bonds is 8. The monoisotopic (exact) mass is 294 g/mol. The molecular weight excluding hydrogens is 268 g/mol. The van der Waals surface area contributed by atoms with Crippen LogP contribution >= 0.6 is 0 Å². The van der Waals surface area contributed by atoms with Crippen LogP contribution in [0.4, 0.5) is 11.5 Å². The van der Waals surface area contributed by atoms with Gasteiger partial charge in [-0.25, -0.2) is 4.98 Å². The summed E-state index contributed by atoms with van der Waals surface area (Å²) in [5.41, 5.74) is 6.73. The number of hydrogen-bond donors (Lipinski definition) is 1. The highest BCUT2D eigenvalue weighted by molar-refractivity contribution is 5.62. The van der Waals surface area contributed by atoms with Gasteiger partial charge < -0.3 is 20.1 Å². The summed E-state index contributed by atoms with van der Waals surface area (Å²) in [6.07, 6.45) is 2.76. The lowest BCUT2D eigenvalue weighted by Gasteiger charge is -2.35. The Balaban J connectivity index is 1.63. The Hall–Kier alpha value is -1.37. The molecule has 2 heterocycles. The summed E-state index contributed by atoms with van der Waals surface area (Å²) in [5, 5.41) is 0. The molecule has 2 rings (SSSR count). The molecule has 0 amide bonds. The van der Waals surface area contributed by atoms with Gasteiger partial charge in [0.15, 0.2) is 5.82 Å². The Morgan fingerprint density at radius 1 is 1.19 bits per heavy atom. The van der Waals surface area contributed by atoms with Crippen molar-refractivity contribution in [1.29, 1.82) is 0 Å². The number of methoxy groups -OCH3 is 1. The predicted molar refractivity (Wildman–Crippen MR) is 84.6 cm³/mol. The van der Waals surface area contributed by atoms with E-state index in [4.69, 9.17) is 15.2 Å². The molecule has 0 aromatic carbocycles. The van der Waals surface area contributed by atoms with E-state index in [2.05, 4.69) is 14.8 Å². The number of aromatic nitrogens is 1. The summed E-state index contributed by atoms with van der Waals surface area (Å²) in [7, 11) is 1.72. The fourth-order valence-corrected chi connectivity index (χ4v) is 2.46. The third kappa shape index (κ3) is 5.15. The quantitative estimate of drug-likeness (QED) is 0.717. The van der Waals surface area contributed by atoms with Crippen LogP contribution in [0.1, 0.15) is 6.42 Å². The minimum atomic E-state index is 0.757. The summed E-state index contributed by atoms with van der Waals surface area (Å²) in [4.78, 5) is 9.05. The molecule has 0 spiro atoms. The fraction of sp³-hybridized carbons (Fsp3) is 0.667. The van der Waals surface area contributed by atoms with Crippen molar-refractivity contribution in [3.8, 4) is 0 Å². The van der Waals surface area contributed by atoms with Gasteiger partial charge in [-0.2, -0.15) is 0 Å². The molecule has 21 heavy (non-hydrogen) atoms. The number of piperazine rings is 1. The highest BCUT2D eigenvalue weighted by atomic mass is 16.5. The summed E-state index contributed by atoms with van der Waals surface area (Å²) < 4.78 is 10.6. The van der Waals surface area contributed by atoms with Gasteiger partial charge in [0.2, 0.25) is 0 Å². The standard InChI is InChI=1S/C15H26N4O2/c1-20-11-3-12-21-13-10-18-6-8-19(9-7-18)15-14(16)4-2-5-17-15/h2,4-5H,3,6-13,16H2,1H3. The van der Waals surface area contributed by atoms with E-state index in [0.717, 1.165) is 70.5 Å². The first-order chi connectivity index (χ1) is 10.3. The van der Waals surface area contributed by atoms with Crippen molar-refractivity contribution < 1.29 is 9.47 Å². The number of nitrogens with zero attached hydrogens (tertiary/aromatic N) is 3. The van der Waals surface area contributed by atoms with Gasteiger partial charge >= 0.3 is 0 Å². The number of ether oxygens (including phenoxy) is 2. The largest absolute Gasteiger partial charge is 0.396 e. The molecule has 118 valence electrons. The normalized spacial score (nSPS) is 16.3. The van der Waals surface area contributed by atoms with Crippen molar-refractivity contribution in [1.82, 2.24) is 9.88 Å². The molecule has 0 radical (unpaired) electrons. The van der Waals surface area contributed by atoms with Gasteiger partial charge in [-0.3, -0.25) is 4.90 Å². The van der Waals surface area contributed by atoms with E-state index in [9.17, 15) is 0 Å². The van der Waals surface area contributed by atoms with Gasteiger partial charge in [0.25, 0.3) is 0 Å². The second-order valence-corrected chi connectivity index (χ2v) is 5.20. The Morgan fingerprint density at radius 3 is 2.71 bits per heavy atom. The second kappa shape index (κ2) is 8.81. The van der Waals surface area contributed by atoms with E-state index >= 15 is 0 Å². The fourth-order valence-electron chi connectivity index (χ4n) is 2.46. The van der Waals surface area contributed by atoms with Gasteiger partial charge in [0.1, 0.15) is 0 Å². The van der Waals surface area contributed by atoms with Crippen molar-refractivity contribution in [3.63, 3.8) is 0 Å². The third-order valence-electron chi connectivity index (χ3n) is 3.68. The van der Waals surface area contributed by atoms with Gasteiger partial charge in [-0.1, -0.05) is 0 Å². The van der Waals surface area contributed by atoms with Crippen LogP contribution in [-0.4, -0.2) is 69.5 Å². The van der Waals surface area contributed by atoms with E-state index in [-0.39, 0.29) is 0 Å². The predicted octanol–water partition coefficient (Wildman–Crippen LogP) is 0.839. The molecule has 1 saturated heterocycles. The molecule has 0 unspecified atom stereocenters. The molecule has 1 aliphatic heterocycles. The number of nitrogens with two attached hydrogens (primary N) is 1. The van der Waals surface area contributed by atoms with Crippen molar-refractivity contribution in [2.75, 3.05) is 70.3 Å². The topological polar surface area (TPSA) is 63.9 Å². The molecular formula is C15H26N4O2. The van der Waals surface area contributed by atoms with E-state index in [0.29, 0.717) is 0 Å². The first-order valence-corrected chi connectivity index (χ1v) is 7.55. The van der Waals surface area contributed by atoms with Crippen LogP contribution in [-0.2, 0) is 9.47 Å². The zero-order valence-electron chi connectivity index (χ0n) is 12.8. The summed E-state index contributed by atoms with van der Waals surface area (Å²) >= 11 is 0. The molecule has 1 aliphatic rings. The van der Waals surface area contributed by atoms with Crippen LogP contribution in [0, 0.1) is 0 Å². The molecule has 0 aliphatic carbocycles. The van der Waals surface area contributed by atoms with E-state index in [1.807, 2.05) is 12.1 Å². The minimum absolute atomic E-state index is 0.757. The lowest BCUT2D eigenvalue weighted by Crippen LogP contribution is -2.47. The Kier molecular flexibility index (Phi) is 6.72. The lowest BCUT2D eigenvalue weighted by atomic mass is 10.3. The van der Waals surface area contributed by atoms with Crippen LogP contribution < -0.4 is 10.6 Å². The average molecular weight is 294 g/mol.